The molecule has 0 unspecified atom stereocenters. The fourth-order valence-electron chi connectivity index (χ4n) is 11.0. The second kappa shape index (κ2) is 12.5. The molecule has 62 heavy (non-hydrogen) atoms. The van der Waals surface area contributed by atoms with Gasteiger partial charge in [-0.2, -0.15) is 9.97 Å². The normalized spacial score (nSPS) is 14.4. The van der Waals surface area contributed by atoms with Crippen LogP contribution in [-0.2, 0) is 10.8 Å². The van der Waals surface area contributed by atoms with Gasteiger partial charge in [0.1, 0.15) is 0 Å². The fourth-order valence-corrected chi connectivity index (χ4v) is 11.0. The van der Waals surface area contributed by atoms with Gasteiger partial charge in [0, 0.05) is 43.5 Å². The summed E-state index contributed by atoms with van der Waals surface area (Å²) in [5.41, 5.74) is 17.6. The molecule has 294 valence electrons. The lowest BCUT2D eigenvalue weighted by Crippen LogP contribution is -2.15. The van der Waals surface area contributed by atoms with E-state index in [1.807, 2.05) is 18.2 Å². The Morgan fingerprint density at radius 1 is 0.339 bits per heavy atom. The highest BCUT2D eigenvalue weighted by molar-refractivity contribution is 6.13. The average molecular weight is 796 g/mol. The van der Waals surface area contributed by atoms with Crippen LogP contribution in [0.25, 0.3) is 100 Å². The van der Waals surface area contributed by atoms with E-state index in [9.17, 15) is 0 Å². The van der Waals surface area contributed by atoms with E-state index in [1.54, 1.807) is 0 Å². The van der Waals surface area contributed by atoms with Crippen LogP contribution >= 0.6 is 0 Å². The van der Waals surface area contributed by atoms with Gasteiger partial charge in [0.15, 0.2) is 11.6 Å². The van der Waals surface area contributed by atoms with E-state index in [2.05, 4.69) is 195 Å². The second-order valence-electron chi connectivity index (χ2n) is 18.0. The van der Waals surface area contributed by atoms with Crippen molar-refractivity contribution >= 4 is 43.6 Å². The Kier molecular flexibility index (Phi) is 7.07. The minimum atomic E-state index is -0.167. The van der Waals surface area contributed by atoms with Crippen LogP contribution in [0.5, 0.6) is 0 Å². The first kappa shape index (κ1) is 35.2. The first-order chi connectivity index (χ1) is 30.3. The zero-order valence-corrected chi connectivity index (χ0v) is 35.0. The van der Waals surface area contributed by atoms with Crippen molar-refractivity contribution in [3.05, 3.63) is 198 Å². The van der Waals surface area contributed by atoms with E-state index in [1.165, 1.54) is 66.1 Å². The first-order valence-electron chi connectivity index (χ1n) is 21.5. The molecule has 5 heteroatoms. The standard InChI is InChI=1S/C57H41N5/c1-56(2)45-26-14-9-21-36(45)41-32-51-43(31-46(41)56)38-23-10-15-27-48(38)61(51)50-29-17-12-24-39(50)54-58-53(34-18-6-5-7-19-34)59-55(60-54)62-49-28-16-11-22-37(49)42-30-40-35-20-8-13-25-44(35)57(3,4)47(40)33-52(42)62/h5-33H,1-4H3. The van der Waals surface area contributed by atoms with Gasteiger partial charge in [0.25, 0.3) is 0 Å². The van der Waals surface area contributed by atoms with Crippen LogP contribution in [0, 0.1) is 0 Å². The van der Waals surface area contributed by atoms with Gasteiger partial charge in [-0.15, -0.1) is 0 Å². The predicted octanol–water partition coefficient (Wildman–Crippen LogP) is 14.0. The summed E-state index contributed by atoms with van der Waals surface area (Å²) >= 11 is 0. The summed E-state index contributed by atoms with van der Waals surface area (Å²) in [4.78, 5) is 16.2. The number of para-hydroxylation sites is 3. The maximum absolute atomic E-state index is 5.51. The zero-order chi connectivity index (χ0) is 41.5. The number of hydrogen-bond donors (Lipinski definition) is 0. The Labute approximate surface area is 359 Å². The highest BCUT2D eigenvalue weighted by atomic mass is 15.2. The molecule has 3 aromatic heterocycles. The molecular weight excluding hydrogens is 755 g/mol. The number of nitrogens with zero attached hydrogens (tertiary/aromatic N) is 5. The van der Waals surface area contributed by atoms with Crippen molar-refractivity contribution in [3.63, 3.8) is 0 Å². The SMILES string of the molecule is CC1(C)c2ccccc2-c2cc3c(cc21)c1ccccc1n3-c1ccccc1-c1nc(-c2ccccc2)nc(-n2c3ccccc3c3cc4c(cc32)C(C)(C)c2ccccc2-4)n1. The van der Waals surface area contributed by atoms with Crippen LogP contribution in [0.4, 0.5) is 0 Å². The van der Waals surface area contributed by atoms with Gasteiger partial charge in [-0.05, 0) is 93.0 Å². The molecule has 13 rings (SSSR count). The number of hydrogen-bond acceptors (Lipinski definition) is 3. The van der Waals surface area contributed by atoms with E-state index >= 15 is 0 Å². The van der Waals surface area contributed by atoms with Crippen molar-refractivity contribution in [3.8, 4) is 56.7 Å². The van der Waals surface area contributed by atoms with Crippen molar-refractivity contribution in [1.82, 2.24) is 24.1 Å². The fraction of sp³-hybridized carbons (Fsp3) is 0.105. The van der Waals surface area contributed by atoms with Gasteiger partial charge in [-0.3, -0.25) is 4.57 Å². The average Bonchev–Trinajstić information content (AvgIpc) is 3.96. The molecule has 0 spiro atoms. The molecule has 0 fully saturated rings. The van der Waals surface area contributed by atoms with Gasteiger partial charge in [0.2, 0.25) is 5.95 Å². The maximum Gasteiger partial charge on any atom is 0.238 e. The van der Waals surface area contributed by atoms with Gasteiger partial charge in [-0.25, -0.2) is 4.98 Å². The lowest BCUT2D eigenvalue weighted by molar-refractivity contribution is 0.661. The summed E-state index contributed by atoms with van der Waals surface area (Å²) in [6.45, 7) is 9.38. The summed E-state index contributed by atoms with van der Waals surface area (Å²) < 4.78 is 4.68. The molecule has 0 radical (unpaired) electrons. The molecule has 0 saturated heterocycles. The molecular formula is C57H41N5. The van der Waals surface area contributed by atoms with Crippen molar-refractivity contribution in [2.45, 2.75) is 38.5 Å². The van der Waals surface area contributed by atoms with Crippen molar-refractivity contribution in [1.29, 1.82) is 0 Å². The minimum Gasteiger partial charge on any atom is -0.308 e. The van der Waals surface area contributed by atoms with Crippen molar-refractivity contribution in [2.75, 3.05) is 0 Å². The molecule has 0 N–H and O–H groups in total. The smallest absolute Gasteiger partial charge is 0.238 e. The third-order valence-electron chi connectivity index (χ3n) is 14.0. The summed E-state index contributed by atoms with van der Waals surface area (Å²) in [6, 6.07) is 63.7. The number of rotatable bonds is 4. The molecule has 8 aromatic carbocycles. The Balaban J connectivity index is 1.09. The topological polar surface area (TPSA) is 48.5 Å². The van der Waals surface area contributed by atoms with Gasteiger partial charge in [-0.1, -0.05) is 155 Å². The monoisotopic (exact) mass is 795 g/mol. The summed E-state index contributed by atoms with van der Waals surface area (Å²) in [7, 11) is 0. The lowest BCUT2D eigenvalue weighted by Gasteiger charge is -2.21. The van der Waals surface area contributed by atoms with E-state index in [-0.39, 0.29) is 10.8 Å². The molecule has 0 bridgehead atoms. The molecule has 2 aliphatic carbocycles. The zero-order valence-electron chi connectivity index (χ0n) is 35.0. The highest BCUT2D eigenvalue weighted by Crippen LogP contribution is 2.53. The Hall–Kier alpha value is -7.63. The minimum absolute atomic E-state index is 0.108. The van der Waals surface area contributed by atoms with E-state index in [0.717, 1.165) is 38.9 Å². The van der Waals surface area contributed by atoms with Crippen LogP contribution in [0.1, 0.15) is 49.9 Å². The lowest BCUT2D eigenvalue weighted by atomic mass is 9.82. The van der Waals surface area contributed by atoms with Crippen LogP contribution in [0.15, 0.2) is 176 Å². The Morgan fingerprint density at radius 3 is 1.53 bits per heavy atom. The Morgan fingerprint density at radius 2 is 0.839 bits per heavy atom. The van der Waals surface area contributed by atoms with Gasteiger partial charge >= 0.3 is 0 Å². The molecule has 5 nitrogen and oxygen atoms in total. The quantitative estimate of drug-likeness (QED) is 0.178. The van der Waals surface area contributed by atoms with Crippen LogP contribution in [0.3, 0.4) is 0 Å². The first-order valence-corrected chi connectivity index (χ1v) is 21.5. The van der Waals surface area contributed by atoms with Crippen molar-refractivity contribution < 1.29 is 0 Å². The van der Waals surface area contributed by atoms with Crippen LogP contribution < -0.4 is 0 Å². The highest BCUT2D eigenvalue weighted by Gasteiger charge is 2.38. The third-order valence-corrected chi connectivity index (χ3v) is 14.0. The largest absolute Gasteiger partial charge is 0.308 e. The Bertz CT molecular complexity index is 3700. The number of aromatic nitrogens is 5. The van der Waals surface area contributed by atoms with E-state index < -0.39 is 0 Å². The molecule has 3 heterocycles. The second-order valence-corrected chi connectivity index (χ2v) is 18.0. The summed E-state index contributed by atoms with van der Waals surface area (Å²) in [5.74, 6) is 1.82. The predicted molar refractivity (Wildman–Crippen MR) is 255 cm³/mol. The molecule has 11 aromatic rings. The van der Waals surface area contributed by atoms with E-state index in [4.69, 9.17) is 15.0 Å². The molecule has 0 saturated carbocycles. The van der Waals surface area contributed by atoms with E-state index in [0.29, 0.717) is 17.6 Å². The molecule has 0 aliphatic heterocycles. The summed E-state index contributed by atoms with van der Waals surface area (Å²) in [5, 5.41) is 4.80. The number of benzene rings is 8. The molecule has 0 amide bonds. The van der Waals surface area contributed by atoms with Gasteiger partial charge < -0.3 is 4.57 Å². The molecule has 0 atom stereocenters. The maximum atomic E-state index is 5.51. The van der Waals surface area contributed by atoms with Gasteiger partial charge in [0.05, 0.1) is 27.8 Å². The number of fused-ring (bicyclic) bond motifs is 12. The van der Waals surface area contributed by atoms with Crippen LogP contribution in [0.2, 0.25) is 0 Å². The molecule has 2 aliphatic rings. The van der Waals surface area contributed by atoms with Crippen LogP contribution in [-0.4, -0.2) is 24.1 Å². The van der Waals surface area contributed by atoms with Crippen molar-refractivity contribution in [2.24, 2.45) is 0 Å². The summed E-state index contributed by atoms with van der Waals surface area (Å²) in [6.07, 6.45) is 0. The third kappa shape index (κ3) is 4.71.